The van der Waals surface area contributed by atoms with E-state index in [0.29, 0.717) is 11.3 Å². The predicted octanol–water partition coefficient (Wildman–Crippen LogP) is 2.89. The molecule has 2 nitrogen and oxygen atoms in total. The van der Waals surface area contributed by atoms with E-state index >= 15 is 0 Å². The molecule has 0 aliphatic carbocycles. The van der Waals surface area contributed by atoms with Crippen LogP contribution in [0.3, 0.4) is 0 Å². The van der Waals surface area contributed by atoms with Crippen LogP contribution in [0.4, 0.5) is 4.39 Å². The summed E-state index contributed by atoms with van der Waals surface area (Å²) in [5, 5.41) is 7.24. The zero-order valence-electron chi connectivity index (χ0n) is 4.90. The highest BCUT2D eigenvalue weighted by Crippen LogP contribution is 2.34. The van der Waals surface area contributed by atoms with Crippen LogP contribution in [0.5, 0.6) is 0 Å². The number of hydrogen-bond acceptors (Lipinski definition) is 2. The fraction of sp³-hybridized carbons (Fsp3) is 0. The Morgan fingerprint density at radius 2 is 2.09 bits per heavy atom. The average Bonchev–Trinajstić information content (AvgIpc) is 2.07. The molecule has 11 heavy (non-hydrogen) atoms. The normalized spacial score (nSPS) is 10.1. The maximum atomic E-state index is 12.5. The molecular formula is C5HCl2FO2S. The Morgan fingerprint density at radius 3 is 2.27 bits per heavy atom. The molecule has 0 fully saturated rings. The molecule has 0 saturated carbocycles. The van der Waals surface area contributed by atoms with Gasteiger partial charge in [-0.25, -0.2) is 4.79 Å². The molecule has 0 bridgehead atoms. The molecule has 0 spiro atoms. The number of halogens is 3. The molecule has 0 saturated heterocycles. The second kappa shape index (κ2) is 2.97. The molecule has 0 aliphatic rings. The number of carbonyl (C=O) groups is 1. The Bertz CT molecular complexity index is 310. The smallest absolute Gasteiger partial charge is 0.339 e. The number of carboxylic acids is 1. The minimum Gasteiger partial charge on any atom is -0.478 e. The van der Waals surface area contributed by atoms with Crippen molar-refractivity contribution in [3.05, 3.63) is 20.1 Å². The van der Waals surface area contributed by atoms with Crippen LogP contribution in [-0.4, -0.2) is 11.1 Å². The van der Waals surface area contributed by atoms with E-state index in [-0.39, 0.29) is 9.90 Å². The number of rotatable bonds is 1. The molecule has 1 aromatic rings. The lowest BCUT2D eigenvalue weighted by molar-refractivity contribution is 0.0697. The van der Waals surface area contributed by atoms with Gasteiger partial charge in [-0.3, -0.25) is 0 Å². The standard InChI is InChI=1S/C5HCl2FO2S/c6-2-1(5(9)10)3(7)11-4(2)8/h(H,9,10). The summed E-state index contributed by atoms with van der Waals surface area (Å²) in [6, 6.07) is 0. The fourth-order valence-corrected chi connectivity index (χ4v) is 1.95. The van der Waals surface area contributed by atoms with Gasteiger partial charge in [0.25, 0.3) is 0 Å². The summed E-state index contributed by atoms with van der Waals surface area (Å²) in [4.78, 5) is 10.3. The molecule has 0 radical (unpaired) electrons. The van der Waals surface area contributed by atoms with Gasteiger partial charge in [0.05, 0.1) is 0 Å². The summed E-state index contributed by atoms with van der Waals surface area (Å²) in [5.74, 6) is -1.32. The van der Waals surface area contributed by atoms with Crippen molar-refractivity contribution in [2.24, 2.45) is 0 Å². The summed E-state index contributed by atoms with van der Waals surface area (Å²) in [5.41, 5.74) is -0.365. The van der Waals surface area contributed by atoms with Crippen LogP contribution in [0.25, 0.3) is 0 Å². The lowest BCUT2D eigenvalue weighted by Gasteiger charge is -1.88. The monoisotopic (exact) mass is 214 g/mol. The number of aromatic carboxylic acids is 1. The molecule has 60 valence electrons. The maximum Gasteiger partial charge on any atom is 0.339 e. The van der Waals surface area contributed by atoms with Gasteiger partial charge in [0.2, 0.25) is 0 Å². The van der Waals surface area contributed by atoms with Crippen LogP contribution < -0.4 is 0 Å². The molecule has 6 heteroatoms. The summed E-state index contributed by atoms with van der Waals surface area (Å²) in [7, 11) is 0. The Kier molecular flexibility index (Phi) is 2.37. The van der Waals surface area contributed by atoms with Crippen LogP contribution >= 0.6 is 34.5 Å². The predicted molar refractivity (Wildman–Crippen MR) is 41.3 cm³/mol. The maximum absolute atomic E-state index is 12.5. The van der Waals surface area contributed by atoms with Gasteiger partial charge in [-0.05, 0) is 0 Å². The first-order chi connectivity index (χ1) is 5.04. The first kappa shape index (κ1) is 8.77. The molecular weight excluding hydrogens is 214 g/mol. The summed E-state index contributed by atoms with van der Waals surface area (Å²) >= 11 is 11.1. The van der Waals surface area contributed by atoms with Crippen LogP contribution in [0.2, 0.25) is 9.36 Å². The first-order valence-corrected chi connectivity index (χ1v) is 3.98. The van der Waals surface area contributed by atoms with E-state index in [1.807, 2.05) is 0 Å². The van der Waals surface area contributed by atoms with E-state index in [1.54, 1.807) is 0 Å². The summed E-state index contributed by atoms with van der Waals surface area (Å²) < 4.78 is 12.4. The number of thiophene rings is 1. The highest BCUT2D eigenvalue weighted by Gasteiger charge is 2.20. The third-order valence-corrected chi connectivity index (χ3v) is 2.64. The third kappa shape index (κ3) is 1.47. The number of hydrogen-bond donors (Lipinski definition) is 1. The molecule has 1 rings (SSSR count). The Hall–Kier alpha value is -0.320. The Balaban J connectivity index is 3.34. The quantitative estimate of drug-likeness (QED) is 0.781. The molecule has 0 aliphatic heterocycles. The molecule has 1 aromatic heterocycles. The summed E-state index contributed by atoms with van der Waals surface area (Å²) in [6.45, 7) is 0. The SMILES string of the molecule is O=C(O)c1c(Cl)sc(F)c1Cl. The van der Waals surface area contributed by atoms with Gasteiger partial charge in [-0.2, -0.15) is 4.39 Å². The fourth-order valence-electron chi connectivity index (χ4n) is 0.537. The van der Waals surface area contributed by atoms with Crippen molar-refractivity contribution in [1.29, 1.82) is 0 Å². The molecule has 1 N–H and O–H groups in total. The van der Waals surface area contributed by atoms with Crippen molar-refractivity contribution < 1.29 is 14.3 Å². The van der Waals surface area contributed by atoms with E-state index in [0.717, 1.165) is 0 Å². The Labute approximate surface area is 75.2 Å². The largest absolute Gasteiger partial charge is 0.478 e. The van der Waals surface area contributed by atoms with Crippen molar-refractivity contribution in [2.75, 3.05) is 0 Å². The molecule has 0 amide bonds. The van der Waals surface area contributed by atoms with Crippen LogP contribution in [-0.2, 0) is 0 Å². The summed E-state index contributed by atoms with van der Waals surface area (Å²) in [6.07, 6.45) is 0. The molecule has 0 aromatic carbocycles. The number of carboxylic acid groups (broad SMARTS) is 1. The van der Waals surface area contributed by atoms with Crippen LogP contribution in [0.15, 0.2) is 0 Å². The zero-order chi connectivity index (χ0) is 8.59. The van der Waals surface area contributed by atoms with Gasteiger partial charge < -0.3 is 5.11 Å². The average molecular weight is 215 g/mol. The topological polar surface area (TPSA) is 37.3 Å². The van der Waals surface area contributed by atoms with Crippen molar-refractivity contribution in [2.45, 2.75) is 0 Å². The van der Waals surface area contributed by atoms with E-state index < -0.39 is 16.1 Å². The lowest BCUT2D eigenvalue weighted by atomic mass is 10.3. The van der Waals surface area contributed by atoms with Gasteiger partial charge in [0, 0.05) is 0 Å². The van der Waals surface area contributed by atoms with Crippen molar-refractivity contribution >= 4 is 40.5 Å². The van der Waals surface area contributed by atoms with E-state index in [9.17, 15) is 9.18 Å². The van der Waals surface area contributed by atoms with Gasteiger partial charge in [0.1, 0.15) is 14.9 Å². The lowest BCUT2D eigenvalue weighted by Crippen LogP contribution is -1.94. The second-order valence-electron chi connectivity index (χ2n) is 1.64. The van der Waals surface area contributed by atoms with E-state index in [2.05, 4.69) is 0 Å². The molecule has 0 atom stereocenters. The molecule has 0 unspecified atom stereocenters. The second-order valence-corrected chi connectivity index (χ2v) is 3.59. The van der Waals surface area contributed by atoms with E-state index in [4.69, 9.17) is 28.3 Å². The van der Waals surface area contributed by atoms with E-state index in [1.165, 1.54) is 0 Å². The third-order valence-electron chi connectivity index (χ3n) is 0.982. The first-order valence-electron chi connectivity index (χ1n) is 2.40. The van der Waals surface area contributed by atoms with Gasteiger partial charge in [-0.1, -0.05) is 34.5 Å². The van der Waals surface area contributed by atoms with Gasteiger partial charge in [0.15, 0.2) is 5.13 Å². The van der Waals surface area contributed by atoms with Crippen molar-refractivity contribution in [3.8, 4) is 0 Å². The van der Waals surface area contributed by atoms with Crippen LogP contribution in [0.1, 0.15) is 10.4 Å². The van der Waals surface area contributed by atoms with Crippen molar-refractivity contribution in [3.63, 3.8) is 0 Å². The minimum atomic E-state index is -1.32. The highest BCUT2D eigenvalue weighted by molar-refractivity contribution is 7.15. The Morgan fingerprint density at radius 1 is 1.55 bits per heavy atom. The highest BCUT2D eigenvalue weighted by atomic mass is 35.5. The zero-order valence-corrected chi connectivity index (χ0v) is 7.23. The van der Waals surface area contributed by atoms with Gasteiger partial charge >= 0.3 is 5.97 Å². The van der Waals surface area contributed by atoms with Crippen LogP contribution in [0, 0.1) is 5.13 Å². The van der Waals surface area contributed by atoms with Crippen molar-refractivity contribution in [1.82, 2.24) is 0 Å². The minimum absolute atomic E-state index is 0.139. The van der Waals surface area contributed by atoms with Gasteiger partial charge in [-0.15, -0.1) is 0 Å². The molecule has 1 heterocycles.